The molecule has 1 N–H and O–H groups in total. The van der Waals surface area contributed by atoms with Crippen molar-refractivity contribution in [3.8, 4) is 0 Å². The maximum Gasteiger partial charge on any atom is 0.0107 e. The van der Waals surface area contributed by atoms with Crippen LogP contribution in [0.15, 0.2) is 0 Å². The van der Waals surface area contributed by atoms with Gasteiger partial charge in [-0.3, -0.25) is 0 Å². The fourth-order valence-electron chi connectivity index (χ4n) is 2.03. The maximum absolute atomic E-state index is 3.62. The molecule has 2 nitrogen and oxygen atoms in total. The normalized spacial score (nSPS) is 15.5. The summed E-state index contributed by atoms with van der Waals surface area (Å²) < 4.78 is 0. The first-order valence-corrected chi connectivity index (χ1v) is 7.41. The Bertz CT molecular complexity index is 168. The molecule has 0 amide bonds. The fourth-order valence-corrected chi connectivity index (χ4v) is 2.03. The van der Waals surface area contributed by atoms with E-state index in [9.17, 15) is 0 Å². The van der Waals surface area contributed by atoms with E-state index >= 15 is 0 Å². The lowest BCUT2D eigenvalue weighted by atomic mass is 10.0. The number of rotatable bonds is 10. The molecule has 0 aromatic rings. The van der Waals surface area contributed by atoms with Crippen molar-refractivity contribution >= 4 is 0 Å². The fraction of sp³-hybridized carbons (Fsp3) is 1.00. The van der Waals surface area contributed by atoms with Crippen LogP contribution in [0.2, 0.25) is 0 Å². The van der Waals surface area contributed by atoms with Gasteiger partial charge in [-0.05, 0) is 46.1 Å². The van der Waals surface area contributed by atoms with Crippen molar-refractivity contribution < 1.29 is 0 Å². The zero-order valence-electron chi connectivity index (χ0n) is 12.9. The minimum atomic E-state index is 0.660. The highest BCUT2D eigenvalue weighted by Crippen LogP contribution is 2.06. The zero-order valence-corrected chi connectivity index (χ0v) is 12.9. The topological polar surface area (TPSA) is 15.3 Å². The molecule has 0 radical (unpaired) electrons. The lowest BCUT2D eigenvalue weighted by molar-refractivity contribution is 0.241. The van der Waals surface area contributed by atoms with Crippen molar-refractivity contribution in [1.82, 2.24) is 10.2 Å². The Hall–Kier alpha value is -0.0800. The molecule has 2 unspecified atom stereocenters. The van der Waals surface area contributed by atoms with E-state index in [1.807, 2.05) is 0 Å². The Morgan fingerprint density at radius 2 is 1.65 bits per heavy atom. The molecule has 0 saturated carbocycles. The second kappa shape index (κ2) is 9.90. The lowest BCUT2D eigenvalue weighted by Gasteiger charge is -2.25. The van der Waals surface area contributed by atoms with Crippen molar-refractivity contribution in [2.75, 3.05) is 20.1 Å². The number of likely N-dealkylation sites (N-methyl/N-ethyl adjacent to an activating group) is 1. The highest BCUT2D eigenvalue weighted by atomic mass is 15.1. The van der Waals surface area contributed by atoms with E-state index in [0.717, 1.165) is 19.0 Å². The molecule has 0 aliphatic rings. The van der Waals surface area contributed by atoms with Gasteiger partial charge in [0.15, 0.2) is 0 Å². The molecule has 0 aromatic heterocycles. The monoisotopic (exact) mass is 242 g/mol. The summed E-state index contributed by atoms with van der Waals surface area (Å²) in [6.07, 6.45) is 5.21. The first-order valence-electron chi connectivity index (χ1n) is 7.41. The van der Waals surface area contributed by atoms with Crippen molar-refractivity contribution in [3.63, 3.8) is 0 Å². The van der Waals surface area contributed by atoms with Gasteiger partial charge in [-0.25, -0.2) is 0 Å². The average Bonchev–Trinajstić information content (AvgIpc) is 2.26. The number of nitrogens with one attached hydrogen (secondary N) is 1. The molecule has 2 atom stereocenters. The summed E-state index contributed by atoms with van der Waals surface area (Å²) in [4.78, 5) is 2.46. The summed E-state index contributed by atoms with van der Waals surface area (Å²) in [5.41, 5.74) is 0. The van der Waals surface area contributed by atoms with Gasteiger partial charge in [-0.15, -0.1) is 0 Å². The van der Waals surface area contributed by atoms with E-state index in [2.05, 4.69) is 51.9 Å². The van der Waals surface area contributed by atoms with Crippen LogP contribution >= 0.6 is 0 Å². The molecule has 17 heavy (non-hydrogen) atoms. The first-order chi connectivity index (χ1) is 7.97. The van der Waals surface area contributed by atoms with Gasteiger partial charge in [0.25, 0.3) is 0 Å². The molecule has 0 spiro atoms. The molecule has 0 aliphatic carbocycles. The van der Waals surface area contributed by atoms with Gasteiger partial charge in [0, 0.05) is 25.2 Å². The number of nitrogens with zero attached hydrogens (tertiary/aromatic N) is 1. The Kier molecular flexibility index (Phi) is 9.85. The van der Waals surface area contributed by atoms with Crippen molar-refractivity contribution in [2.45, 2.75) is 72.4 Å². The Morgan fingerprint density at radius 3 is 2.18 bits per heavy atom. The highest BCUT2D eigenvalue weighted by Gasteiger charge is 2.08. The maximum atomic E-state index is 3.62. The van der Waals surface area contributed by atoms with Gasteiger partial charge in [-0.1, -0.05) is 27.2 Å². The molecule has 104 valence electrons. The van der Waals surface area contributed by atoms with Crippen molar-refractivity contribution in [2.24, 2.45) is 5.92 Å². The number of hydrogen-bond acceptors (Lipinski definition) is 2. The van der Waals surface area contributed by atoms with Crippen molar-refractivity contribution in [3.05, 3.63) is 0 Å². The first kappa shape index (κ1) is 16.9. The van der Waals surface area contributed by atoms with Crippen LogP contribution in [0.25, 0.3) is 0 Å². The van der Waals surface area contributed by atoms with Gasteiger partial charge in [0.2, 0.25) is 0 Å². The molecule has 0 aliphatic heterocycles. The zero-order chi connectivity index (χ0) is 13.3. The smallest absolute Gasteiger partial charge is 0.0107 e. The molecule has 0 heterocycles. The minimum absolute atomic E-state index is 0.660. The molecular formula is C15H34N2. The summed E-state index contributed by atoms with van der Waals surface area (Å²) >= 11 is 0. The SMILES string of the molecule is CCCC(C)N(C)CCNC(C)CCC(C)C. The quantitative estimate of drug-likeness (QED) is 0.630. The van der Waals surface area contributed by atoms with E-state index in [0.29, 0.717) is 12.1 Å². The van der Waals surface area contributed by atoms with Gasteiger partial charge in [0.05, 0.1) is 0 Å². The summed E-state index contributed by atoms with van der Waals surface area (Å²) in [5.74, 6) is 0.825. The van der Waals surface area contributed by atoms with Crippen LogP contribution in [-0.2, 0) is 0 Å². The summed E-state index contributed by atoms with van der Waals surface area (Å²) in [6.45, 7) is 13.8. The summed E-state index contributed by atoms with van der Waals surface area (Å²) in [7, 11) is 2.24. The Morgan fingerprint density at radius 1 is 1.00 bits per heavy atom. The van der Waals surface area contributed by atoms with Crippen LogP contribution in [0, 0.1) is 5.92 Å². The van der Waals surface area contributed by atoms with Crippen LogP contribution in [-0.4, -0.2) is 37.1 Å². The molecule has 2 heteroatoms. The summed E-state index contributed by atoms with van der Waals surface area (Å²) in [5, 5.41) is 3.62. The Balaban J connectivity index is 3.54. The van der Waals surface area contributed by atoms with Gasteiger partial charge in [0.1, 0.15) is 0 Å². The molecule has 0 rings (SSSR count). The van der Waals surface area contributed by atoms with Crippen LogP contribution in [0.5, 0.6) is 0 Å². The van der Waals surface area contributed by atoms with E-state index in [-0.39, 0.29) is 0 Å². The third kappa shape index (κ3) is 9.61. The van der Waals surface area contributed by atoms with Gasteiger partial charge < -0.3 is 10.2 Å². The van der Waals surface area contributed by atoms with E-state index < -0.39 is 0 Å². The van der Waals surface area contributed by atoms with Gasteiger partial charge >= 0.3 is 0 Å². The molecule has 0 fully saturated rings. The lowest BCUT2D eigenvalue weighted by Crippen LogP contribution is -2.38. The Labute approximate surface area is 109 Å². The highest BCUT2D eigenvalue weighted by molar-refractivity contribution is 4.67. The molecule has 0 aromatic carbocycles. The predicted octanol–water partition coefficient (Wildman–Crippen LogP) is 3.52. The van der Waals surface area contributed by atoms with E-state index in [1.54, 1.807) is 0 Å². The molecule has 0 saturated heterocycles. The van der Waals surface area contributed by atoms with Crippen LogP contribution in [0.3, 0.4) is 0 Å². The van der Waals surface area contributed by atoms with Crippen LogP contribution < -0.4 is 5.32 Å². The second-order valence-electron chi connectivity index (χ2n) is 5.94. The third-order valence-corrected chi connectivity index (χ3v) is 3.59. The minimum Gasteiger partial charge on any atom is -0.313 e. The molecule has 0 bridgehead atoms. The molecular weight excluding hydrogens is 208 g/mol. The van der Waals surface area contributed by atoms with Crippen LogP contribution in [0.1, 0.15) is 60.3 Å². The largest absolute Gasteiger partial charge is 0.313 e. The standard InChI is InChI=1S/C15H34N2/c1-7-8-15(5)17(6)12-11-16-14(4)10-9-13(2)3/h13-16H,7-12H2,1-6H3. The van der Waals surface area contributed by atoms with Crippen LogP contribution in [0.4, 0.5) is 0 Å². The van der Waals surface area contributed by atoms with E-state index in [1.165, 1.54) is 25.7 Å². The van der Waals surface area contributed by atoms with E-state index in [4.69, 9.17) is 0 Å². The average molecular weight is 242 g/mol. The van der Waals surface area contributed by atoms with Gasteiger partial charge in [-0.2, -0.15) is 0 Å². The summed E-state index contributed by atoms with van der Waals surface area (Å²) in [6, 6.07) is 1.38. The van der Waals surface area contributed by atoms with Crippen molar-refractivity contribution in [1.29, 1.82) is 0 Å². The third-order valence-electron chi connectivity index (χ3n) is 3.59. The number of hydrogen-bond donors (Lipinski definition) is 1. The second-order valence-corrected chi connectivity index (χ2v) is 5.94. The predicted molar refractivity (Wildman–Crippen MR) is 78.5 cm³/mol.